The number of hydrogen-bond acceptors (Lipinski definition) is 4. The van der Waals surface area contributed by atoms with Gasteiger partial charge in [0.1, 0.15) is 5.82 Å². The van der Waals surface area contributed by atoms with Gasteiger partial charge in [0.25, 0.3) is 0 Å². The van der Waals surface area contributed by atoms with E-state index in [9.17, 15) is 17.6 Å². The van der Waals surface area contributed by atoms with Crippen LogP contribution in [0.1, 0.15) is 48.6 Å². The first kappa shape index (κ1) is 15.4. The third kappa shape index (κ3) is 3.21. The molecule has 1 unspecified atom stereocenters. The average molecular weight is 303 g/mol. The van der Waals surface area contributed by atoms with Crippen molar-refractivity contribution < 1.29 is 22.1 Å². The SMILES string of the molecule is CC(C)c1nc(C(N)c2ccc(F)c(C(F)(F)F)c2)no1. The van der Waals surface area contributed by atoms with Crippen molar-refractivity contribution in [1.29, 1.82) is 0 Å². The Bertz CT molecular complexity index is 637. The van der Waals surface area contributed by atoms with Crippen LogP contribution in [-0.2, 0) is 6.18 Å². The monoisotopic (exact) mass is 303 g/mol. The standard InChI is InChI=1S/C13H13F4N3O/c1-6(2)12-19-11(20-21-12)10(18)7-3-4-9(14)8(5-7)13(15,16)17/h3-6,10H,18H2,1-2H3. The Kier molecular flexibility index (Phi) is 3.99. The average Bonchev–Trinajstić information content (AvgIpc) is 2.86. The molecule has 0 saturated carbocycles. The second-order valence-electron chi connectivity index (χ2n) is 4.86. The molecular weight excluding hydrogens is 290 g/mol. The van der Waals surface area contributed by atoms with E-state index in [1.54, 1.807) is 0 Å². The summed E-state index contributed by atoms with van der Waals surface area (Å²) >= 11 is 0. The smallest absolute Gasteiger partial charge is 0.339 e. The molecule has 0 saturated heterocycles. The normalized spacial score (nSPS) is 13.7. The number of benzene rings is 1. The van der Waals surface area contributed by atoms with E-state index in [4.69, 9.17) is 10.3 Å². The Hall–Kier alpha value is -1.96. The summed E-state index contributed by atoms with van der Waals surface area (Å²) in [5.41, 5.74) is 4.50. The third-order valence-corrected chi connectivity index (χ3v) is 2.88. The van der Waals surface area contributed by atoms with Gasteiger partial charge in [-0.15, -0.1) is 0 Å². The first-order valence-corrected chi connectivity index (χ1v) is 6.16. The van der Waals surface area contributed by atoms with Gasteiger partial charge in [-0.2, -0.15) is 18.2 Å². The molecule has 1 aromatic carbocycles. The summed E-state index contributed by atoms with van der Waals surface area (Å²) in [6, 6.07) is 1.52. The van der Waals surface area contributed by atoms with Crippen molar-refractivity contribution >= 4 is 0 Å². The third-order valence-electron chi connectivity index (χ3n) is 2.88. The van der Waals surface area contributed by atoms with E-state index in [0.717, 1.165) is 6.07 Å². The Morgan fingerprint density at radius 2 is 1.90 bits per heavy atom. The number of alkyl halides is 3. The van der Waals surface area contributed by atoms with Crippen LogP contribution in [0.3, 0.4) is 0 Å². The fourth-order valence-electron chi connectivity index (χ4n) is 1.71. The van der Waals surface area contributed by atoms with Gasteiger partial charge in [-0.25, -0.2) is 4.39 Å². The molecule has 0 aliphatic heterocycles. The van der Waals surface area contributed by atoms with Crippen molar-refractivity contribution in [3.05, 3.63) is 46.9 Å². The van der Waals surface area contributed by atoms with E-state index < -0.39 is 23.6 Å². The van der Waals surface area contributed by atoms with E-state index in [1.165, 1.54) is 6.07 Å². The maximum absolute atomic E-state index is 13.2. The topological polar surface area (TPSA) is 64.9 Å². The van der Waals surface area contributed by atoms with Gasteiger partial charge in [-0.05, 0) is 17.7 Å². The zero-order chi connectivity index (χ0) is 15.8. The molecule has 0 fully saturated rings. The summed E-state index contributed by atoms with van der Waals surface area (Å²) in [4.78, 5) is 4.02. The summed E-state index contributed by atoms with van der Waals surface area (Å²) in [7, 11) is 0. The molecule has 21 heavy (non-hydrogen) atoms. The van der Waals surface area contributed by atoms with Gasteiger partial charge < -0.3 is 10.3 Å². The summed E-state index contributed by atoms with van der Waals surface area (Å²) in [5, 5.41) is 3.64. The molecule has 1 atom stereocenters. The second kappa shape index (κ2) is 5.44. The highest BCUT2D eigenvalue weighted by Crippen LogP contribution is 2.33. The predicted molar refractivity (Wildman–Crippen MR) is 65.8 cm³/mol. The van der Waals surface area contributed by atoms with E-state index in [1.807, 2.05) is 13.8 Å². The lowest BCUT2D eigenvalue weighted by Crippen LogP contribution is -2.16. The first-order valence-electron chi connectivity index (χ1n) is 6.16. The molecule has 114 valence electrons. The van der Waals surface area contributed by atoms with Crippen LogP contribution in [0.15, 0.2) is 22.7 Å². The Morgan fingerprint density at radius 3 is 2.43 bits per heavy atom. The molecule has 0 aliphatic rings. The molecule has 0 aliphatic carbocycles. The molecule has 0 bridgehead atoms. The zero-order valence-corrected chi connectivity index (χ0v) is 11.3. The van der Waals surface area contributed by atoms with Crippen molar-refractivity contribution in [2.45, 2.75) is 32.0 Å². The quantitative estimate of drug-likeness (QED) is 0.883. The van der Waals surface area contributed by atoms with Crippen molar-refractivity contribution in [3.63, 3.8) is 0 Å². The second-order valence-corrected chi connectivity index (χ2v) is 4.86. The maximum atomic E-state index is 13.2. The Balaban J connectivity index is 2.37. The van der Waals surface area contributed by atoms with E-state index in [-0.39, 0.29) is 17.3 Å². The van der Waals surface area contributed by atoms with Crippen LogP contribution >= 0.6 is 0 Å². The fourth-order valence-corrected chi connectivity index (χ4v) is 1.71. The fraction of sp³-hybridized carbons (Fsp3) is 0.385. The van der Waals surface area contributed by atoms with Crippen molar-refractivity contribution in [2.24, 2.45) is 5.73 Å². The maximum Gasteiger partial charge on any atom is 0.419 e. The van der Waals surface area contributed by atoms with Crippen LogP contribution in [0.4, 0.5) is 17.6 Å². The highest BCUT2D eigenvalue weighted by Gasteiger charge is 2.35. The number of nitrogens with zero attached hydrogens (tertiary/aromatic N) is 2. The van der Waals surface area contributed by atoms with Gasteiger partial charge in [-0.1, -0.05) is 25.1 Å². The van der Waals surface area contributed by atoms with Crippen LogP contribution < -0.4 is 5.73 Å². The van der Waals surface area contributed by atoms with Crippen molar-refractivity contribution in [1.82, 2.24) is 10.1 Å². The molecule has 0 amide bonds. The molecule has 2 rings (SSSR count). The summed E-state index contributed by atoms with van der Waals surface area (Å²) in [5.74, 6) is -0.996. The molecule has 4 nitrogen and oxygen atoms in total. The van der Waals surface area contributed by atoms with Gasteiger partial charge in [0.15, 0.2) is 5.82 Å². The lowest BCUT2D eigenvalue weighted by atomic mass is 10.0. The lowest BCUT2D eigenvalue weighted by molar-refractivity contribution is -0.140. The zero-order valence-electron chi connectivity index (χ0n) is 11.3. The minimum Gasteiger partial charge on any atom is -0.339 e. The minimum absolute atomic E-state index is 0.0302. The minimum atomic E-state index is -4.79. The van der Waals surface area contributed by atoms with E-state index in [0.29, 0.717) is 12.0 Å². The van der Waals surface area contributed by atoms with Crippen LogP contribution in [-0.4, -0.2) is 10.1 Å². The largest absolute Gasteiger partial charge is 0.419 e. The van der Waals surface area contributed by atoms with E-state index in [2.05, 4.69) is 10.1 Å². The number of hydrogen-bond donors (Lipinski definition) is 1. The molecule has 0 radical (unpaired) electrons. The van der Waals surface area contributed by atoms with Crippen LogP contribution in [0.5, 0.6) is 0 Å². The van der Waals surface area contributed by atoms with Gasteiger partial charge in [-0.3, -0.25) is 0 Å². The number of halogens is 4. The molecule has 2 N–H and O–H groups in total. The predicted octanol–water partition coefficient (Wildman–Crippen LogP) is 3.40. The lowest BCUT2D eigenvalue weighted by Gasteiger charge is -2.12. The van der Waals surface area contributed by atoms with Gasteiger partial charge in [0.2, 0.25) is 5.89 Å². The van der Waals surface area contributed by atoms with Gasteiger partial charge >= 0.3 is 6.18 Å². The van der Waals surface area contributed by atoms with Gasteiger partial charge in [0, 0.05) is 5.92 Å². The molecular formula is C13H13F4N3O. The van der Waals surface area contributed by atoms with Crippen molar-refractivity contribution in [2.75, 3.05) is 0 Å². The first-order chi connectivity index (χ1) is 9.70. The van der Waals surface area contributed by atoms with Gasteiger partial charge in [0.05, 0.1) is 11.6 Å². The number of aromatic nitrogens is 2. The Labute approximate surface area is 118 Å². The molecule has 2 aromatic rings. The number of rotatable bonds is 3. The van der Waals surface area contributed by atoms with Crippen LogP contribution in [0.25, 0.3) is 0 Å². The molecule has 8 heteroatoms. The summed E-state index contributed by atoms with van der Waals surface area (Å²) in [6.45, 7) is 3.64. The highest BCUT2D eigenvalue weighted by atomic mass is 19.4. The van der Waals surface area contributed by atoms with Crippen LogP contribution in [0, 0.1) is 5.82 Å². The Morgan fingerprint density at radius 1 is 1.24 bits per heavy atom. The van der Waals surface area contributed by atoms with E-state index >= 15 is 0 Å². The molecule has 1 aromatic heterocycles. The number of nitrogens with two attached hydrogens (primary N) is 1. The van der Waals surface area contributed by atoms with Crippen molar-refractivity contribution in [3.8, 4) is 0 Å². The van der Waals surface area contributed by atoms with Crippen LogP contribution in [0.2, 0.25) is 0 Å². The molecule has 0 spiro atoms. The molecule has 1 heterocycles. The summed E-state index contributed by atoms with van der Waals surface area (Å²) < 4.78 is 56.2. The highest BCUT2D eigenvalue weighted by molar-refractivity contribution is 5.31. The summed E-state index contributed by atoms with van der Waals surface area (Å²) in [6.07, 6.45) is -4.79.